The molecule has 9 aromatic carbocycles. The molecule has 2 aromatic heterocycles. The fourth-order valence-electron chi connectivity index (χ4n) is 12.9. The third-order valence-corrected chi connectivity index (χ3v) is 16.2. The van der Waals surface area contributed by atoms with Crippen molar-refractivity contribution in [3.8, 4) is 44.5 Å². The Bertz CT molecular complexity index is 4010. The summed E-state index contributed by atoms with van der Waals surface area (Å²) in [5.74, 6) is 0. The van der Waals surface area contributed by atoms with Gasteiger partial charge >= 0.3 is 0 Å². The lowest BCUT2D eigenvalue weighted by molar-refractivity contribution is 0.662. The zero-order valence-electron chi connectivity index (χ0n) is 41.9. The molecule has 0 bridgehead atoms. The number of benzene rings is 9. The van der Waals surface area contributed by atoms with Gasteiger partial charge in [-0.1, -0.05) is 174 Å². The first-order chi connectivity index (χ1) is 35.1. The summed E-state index contributed by atoms with van der Waals surface area (Å²) in [6, 6.07) is 59.7. The Hall–Kier alpha value is -8.46. The van der Waals surface area contributed by atoms with Gasteiger partial charge in [-0.2, -0.15) is 0 Å². The monoisotopic (exact) mass is 924 g/mol. The second-order valence-corrected chi connectivity index (χ2v) is 20.8. The van der Waals surface area contributed by atoms with Crippen molar-refractivity contribution in [2.45, 2.75) is 52.4 Å². The molecule has 2 heteroatoms. The van der Waals surface area contributed by atoms with Crippen molar-refractivity contribution >= 4 is 76.6 Å². The van der Waals surface area contributed by atoms with E-state index in [-0.39, 0.29) is 10.8 Å². The van der Waals surface area contributed by atoms with Crippen molar-refractivity contribution in [1.82, 2.24) is 9.13 Å². The molecule has 0 aliphatic heterocycles. The maximum absolute atomic E-state index is 4.23. The van der Waals surface area contributed by atoms with Crippen LogP contribution in [0.15, 0.2) is 219 Å². The summed E-state index contributed by atoms with van der Waals surface area (Å²) in [5.41, 5.74) is 22.0. The standard InChI is InChI=1S/C70H56N2/c1-9-23-45(24-10-2)71-63-39-56-54-38-60-58(68-50-34-22-20-32-48(50)52(36-62(68)70(60,7)8)44-29-17-14-18-30-44)42-66(54)72(46(25-11-3)26-12-4)64(56)40-55(63)53-37-59-57(41-65(53)71)67-49-33-21-19-31-47(49)51(35-61(67)69(59,5)6)43-27-15-13-16-28-43/h9-42H,1,3H2,2,4-8H3/b24-10-,26-12-,45-23+,46-25+. The summed E-state index contributed by atoms with van der Waals surface area (Å²) < 4.78 is 4.97. The predicted molar refractivity (Wildman–Crippen MR) is 312 cm³/mol. The largest absolute Gasteiger partial charge is 0.309 e. The van der Waals surface area contributed by atoms with Crippen molar-refractivity contribution < 1.29 is 0 Å². The van der Waals surface area contributed by atoms with E-state index in [2.05, 4.69) is 258 Å². The van der Waals surface area contributed by atoms with E-state index in [9.17, 15) is 0 Å². The highest BCUT2D eigenvalue weighted by atomic mass is 15.0. The van der Waals surface area contributed by atoms with Crippen LogP contribution in [0.3, 0.4) is 0 Å². The summed E-state index contributed by atoms with van der Waals surface area (Å²) in [7, 11) is 0. The van der Waals surface area contributed by atoms with Crippen LogP contribution >= 0.6 is 0 Å². The summed E-state index contributed by atoms with van der Waals surface area (Å²) in [6.45, 7) is 22.3. The number of hydrogen-bond donors (Lipinski definition) is 0. The molecule has 0 atom stereocenters. The van der Waals surface area contributed by atoms with Gasteiger partial charge in [-0.3, -0.25) is 0 Å². The lowest BCUT2D eigenvalue weighted by atomic mass is 9.80. The Morgan fingerprint density at radius 1 is 0.375 bits per heavy atom. The van der Waals surface area contributed by atoms with Crippen LogP contribution in [0.1, 0.15) is 63.8 Å². The molecular weight excluding hydrogens is 869 g/mol. The number of aromatic nitrogens is 2. The van der Waals surface area contributed by atoms with Gasteiger partial charge in [-0.05, 0) is 175 Å². The lowest BCUT2D eigenvalue weighted by Gasteiger charge is -2.23. The number of fused-ring (bicyclic) bond motifs is 16. The fourth-order valence-corrected chi connectivity index (χ4v) is 12.9. The topological polar surface area (TPSA) is 9.86 Å². The molecule has 72 heavy (non-hydrogen) atoms. The van der Waals surface area contributed by atoms with E-state index in [1.807, 2.05) is 12.2 Å². The number of rotatable bonds is 8. The Labute approximate surface area is 422 Å². The highest BCUT2D eigenvalue weighted by Gasteiger charge is 2.40. The SMILES string of the molecule is C=C/C=C(\C=C/C)n1c2cc3c(cc2c2cc4c(cc21)c1cc2c(cc1n4C(/C=C\C)=C/C=C)-c1c(cc(-c4ccccc4)c4ccccc14)C2(C)C)C(C)(C)c1cc(-c2ccccc2)c2ccccc2c1-3. The van der Waals surface area contributed by atoms with Crippen molar-refractivity contribution in [3.63, 3.8) is 0 Å². The van der Waals surface area contributed by atoms with Crippen LogP contribution in [0.25, 0.3) is 121 Å². The molecular formula is C70H56N2. The fraction of sp³-hybridized carbons (Fsp3) is 0.114. The zero-order chi connectivity index (χ0) is 49.2. The maximum Gasteiger partial charge on any atom is 0.0548 e. The van der Waals surface area contributed by atoms with Gasteiger partial charge in [0.05, 0.1) is 22.1 Å². The second-order valence-electron chi connectivity index (χ2n) is 20.8. The second kappa shape index (κ2) is 16.0. The molecule has 2 aliphatic rings. The van der Waals surface area contributed by atoms with Gasteiger partial charge in [-0.25, -0.2) is 0 Å². The minimum Gasteiger partial charge on any atom is -0.309 e. The average Bonchev–Trinajstić information content (AvgIpc) is 4.03. The molecule has 0 radical (unpaired) electrons. The van der Waals surface area contributed by atoms with E-state index in [1.165, 1.54) is 121 Å². The van der Waals surface area contributed by atoms with E-state index < -0.39 is 0 Å². The van der Waals surface area contributed by atoms with Crippen LogP contribution in [0, 0.1) is 0 Å². The van der Waals surface area contributed by atoms with Crippen molar-refractivity contribution in [3.05, 3.63) is 242 Å². The Morgan fingerprint density at radius 2 is 0.722 bits per heavy atom. The highest BCUT2D eigenvalue weighted by Crippen LogP contribution is 2.57. The summed E-state index contributed by atoms with van der Waals surface area (Å²) in [6.07, 6.45) is 16.9. The minimum atomic E-state index is -0.259. The van der Waals surface area contributed by atoms with Crippen LogP contribution in [0.4, 0.5) is 0 Å². The van der Waals surface area contributed by atoms with Crippen LogP contribution in [-0.2, 0) is 10.8 Å². The van der Waals surface area contributed by atoms with E-state index in [1.54, 1.807) is 0 Å². The van der Waals surface area contributed by atoms with E-state index in [0.29, 0.717) is 0 Å². The van der Waals surface area contributed by atoms with E-state index in [4.69, 9.17) is 0 Å². The van der Waals surface area contributed by atoms with E-state index >= 15 is 0 Å². The minimum absolute atomic E-state index is 0.259. The molecule has 0 spiro atoms. The average molecular weight is 925 g/mol. The Balaban J connectivity index is 1.14. The molecule has 0 fully saturated rings. The lowest BCUT2D eigenvalue weighted by Crippen LogP contribution is -2.15. The molecule has 346 valence electrons. The van der Waals surface area contributed by atoms with Crippen LogP contribution < -0.4 is 0 Å². The molecule has 11 aromatic rings. The van der Waals surface area contributed by atoms with E-state index in [0.717, 1.165) is 22.4 Å². The summed E-state index contributed by atoms with van der Waals surface area (Å²) in [4.78, 5) is 0. The first kappa shape index (κ1) is 43.6. The van der Waals surface area contributed by atoms with Gasteiger partial charge < -0.3 is 9.13 Å². The third-order valence-electron chi connectivity index (χ3n) is 16.2. The zero-order valence-corrected chi connectivity index (χ0v) is 41.9. The van der Waals surface area contributed by atoms with Crippen LogP contribution in [-0.4, -0.2) is 9.13 Å². The number of allylic oxidation sites excluding steroid dienone is 10. The van der Waals surface area contributed by atoms with Gasteiger partial charge in [-0.15, -0.1) is 0 Å². The molecule has 2 heterocycles. The molecule has 0 saturated heterocycles. The first-order valence-electron chi connectivity index (χ1n) is 25.4. The van der Waals surface area contributed by atoms with Crippen LogP contribution in [0.2, 0.25) is 0 Å². The molecule has 2 aliphatic carbocycles. The summed E-state index contributed by atoms with van der Waals surface area (Å²) >= 11 is 0. The molecule has 0 unspecified atom stereocenters. The quantitative estimate of drug-likeness (QED) is 0.134. The van der Waals surface area contributed by atoms with Gasteiger partial charge in [0.25, 0.3) is 0 Å². The Morgan fingerprint density at radius 3 is 1.10 bits per heavy atom. The molecule has 0 amide bonds. The third kappa shape index (κ3) is 6.02. The smallest absolute Gasteiger partial charge is 0.0548 e. The number of hydrogen-bond acceptors (Lipinski definition) is 0. The first-order valence-corrected chi connectivity index (χ1v) is 25.4. The van der Waals surface area contributed by atoms with Crippen molar-refractivity contribution in [2.75, 3.05) is 0 Å². The van der Waals surface area contributed by atoms with Crippen molar-refractivity contribution in [2.24, 2.45) is 0 Å². The predicted octanol–water partition coefficient (Wildman–Crippen LogP) is 19.4. The van der Waals surface area contributed by atoms with Gasteiger partial charge in [0, 0.05) is 43.8 Å². The highest BCUT2D eigenvalue weighted by molar-refractivity contribution is 6.23. The maximum atomic E-state index is 4.23. The molecule has 13 rings (SSSR count). The number of nitrogens with zero attached hydrogens (tertiary/aromatic N) is 2. The van der Waals surface area contributed by atoms with Gasteiger partial charge in [0.15, 0.2) is 0 Å². The Kier molecular flexibility index (Phi) is 9.70. The molecule has 0 saturated carbocycles. The molecule has 2 nitrogen and oxygen atoms in total. The van der Waals surface area contributed by atoms with Crippen LogP contribution in [0.5, 0.6) is 0 Å². The van der Waals surface area contributed by atoms with Gasteiger partial charge in [0.1, 0.15) is 0 Å². The van der Waals surface area contributed by atoms with Gasteiger partial charge in [0.2, 0.25) is 0 Å². The normalized spacial score (nSPS) is 14.9. The summed E-state index contributed by atoms with van der Waals surface area (Å²) in [5, 5.41) is 10.0. The van der Waals surface area contributed by atoms with Crippen molar-refractivity contribution in [1.29, 1.82) is 0 Å². The molecule has 0 N–H and O–H groups in total.